The first-order chi connectivity index (χ1) is 4.95. The fourth-order valence-electron chi connectivity index (χ4n) is 0.789. The number of ketones is 1. The maximum absolute atomic E-state index is 11.3. The van der Waals surface area contributed by atoms with Gasteiger partial charge in [0.05, 0.1) is 0 Å². The van der Waals surface area contributed by atoms with E-state index in [9.17, 15) is 4.79 Å². The van der Waals surface area contributed by atoms with Crippen LogP contribution in [0.1, 0.15) is 41.0 Å². The average molecular weight is 156 g/mol. The van der Waals surface area contributed by atoms with Crippen molar-refractivity contribution in [1.82, 2.24) is 0 Å². The van der Waals surface area contributed by atoms with E-state index in [2.05, 4.69) is 20.8 Å². The second-order valence-electron chi connectivity index (χ2n) is 4.05. The largest absolute Gasteiger partial charge is 0.299 e. The summed E-state index contributed by atoms with van der Waals surface area (Å²) in [6, 6.07) is 0. The average Bonchev–Trinajstić information content (AvgIpc) is 1.87. The molecule has 1 heteroatoms. The van der Waals surface area contributed by atoms with Crippen LogP contribution in [0.15, 0.2) is 0 Å². The molecule has 0 rings (SSSR count). The fraction of sp³-hybridized carbons (Fsp3) is 0.900. The smallest absolute Gasteiger partial charge is 0.135 e. The van der Waals surface area contributed by atoms with Gasteiger partial charge in [-0.25, -0.2) is 0 Å². The molecule has 0 aliphatic heterocycles. The predicted octanol–water partition coefficient (Wildman–Crippen LogP) is 2.89. The molecule has 0 aliphatic rings. The predicted molar refractivity (Wildman–Crippen MR) is 48.5 cm³/mol. The maximum atomic E-state index is 11.3. The lowest BCUT2D eigenvalue weighted by Gasteiger charge is -2.15. The van der Waals surface area contributed by atoms with Gasteiger partial charge in [0, 0.05) is 12.3 Å². The number of hydrogen-bond acceptors (Lipinski definition) is 1. The van der Waals surface area contributed by atoms with Crippen molar-refractivity contribution in [2.75, 3.05) is 0 Å². The minimum atomic E-state index is 0.205. The molecule has 0 fully saturated rings. The van der Waals surface area contributed by atoms with Crippen LogP contribution in [0.5, 0.6) is 0 Å². The molecule has 0 amide bonds. The molecule has 11 heavy (non-hydrogen) atoms. The van der Waals surface area contributed by atoms with Crippen molar-refractivity contribution < 1.29 is 4.79 Å². The maximum Gasteiger partial charge on any atom is 0.135 e. The van der Waals surface area contributed by atoms with Gasteiger partial charge in [-0.1, -0.05) is 34.6 Å². The van der Waals surface area contributed by atoms with Crippen molar-refractivity contribution >= 4 is 5.78 Å². The highest BCUT2D eigenvalue weighted by Crippen LogP contribution is 2.16. The van der Waals surface area contributed by atoms with E-state index in [-0.39, 0.29) is 5.92 Å². The number of hydrogen-bond donors (Lipinski definition) is 0. The van der Waals surface area contributed by atoms with Crippen LogP contribution in [-0.2, 0) is 4.79 Å². The van der Waals surface area contributed by atoms with Gasteiger partial charge < -0.3 is 0 Å². The van der Waals surface area contributed by atoms with Crippen molar-refractivity contribution in [2.45, 2.75) is 41.0 Å². The van der Waals surface area contributed by atoms with E-state index in [1.165, 1.54) is 0 Å². The van der Waals surface area contributed by atoms with Crippen LogP contribution in [0.2, 0.25) is 0 Å². The summed E-state index contributed by atoms with van der Waals surface area (Å²) in [5, 5.41) is 0. The van der Waals surface area contributed by atoms with E-state index in [4.69, 9.17) is 0 Å². The van der Waals surface area contributed by atoms with Crippen LogP contribution >= 0.6 is 0 Å². The third-order valence-electron chi connectivity index (χ3n) is 2.31. The van der Waals surface area contributed by atoms with E-state index in [0.717, 1.165) is 6.42 Å². The van der Waals surface area contributed by atoms with Crippen LogP contribution in [0.3, 0.4) is 0 Å². The summed E-state index contributed by atoms with van der Waals surface area (Å²) in [7, 11) is 0. The van der Waals surface area contributed by atoms with Gasteiger partial charge >= 0.3 is 0 Å². The molecule has 1 nitrogen and oxygen atoms in total. The molecule has 0 N–H and O–H groups in total. The highest BCUT2D eigenvalue weighted by molar-refractivity contribution is 5.80. The number of Topliss-reactive ketones (excluding diaryl/α,β-unsaturated/α-hetero) is 1. The van der Waals surface area contributed by atoms with E-state index >= 15 is 0 Å². The standard InChI is InChI=1S/C10H20O/c1-7(2)9(5)6-10(11)8(3)4/h7-9H,6H2,1-5H3/t9-/m0/s1. The monoisotopic (exact) mass is 156 g/mol. The van der Waals surface area contributed by atoms with Crippen molar-refractivity contribution in [2.24, 2.45) is 17.8 Å². The molecule has 0 saturated carbocycles. The minimum absolute atomic E-state index is 0.205. The van der Waals surface area contributed by atoms with E-state index in [1.54, 1.807) is 0 Å². The van der Waals surface area contributed by atoms with Gasteiger partial charge in [-0.15, -0.1) is 0 Å². The van der Waals surface area contributed by atoms with Gasteiger partial charge in [-0.3, -0.25) is 4.79 Å². The Morgan fingerprint density at radius 1 is 1.09 bits per heavy atom. The first-order valence-electron chi connectivity index (χ1n) is 4.47. The van der Waals surface area contributed by atoms with Crippen LogP contribution < -0.4 is 0 Å². The molecule has 0 aromatic rings. The Kier molecular flexibility index (Phi) is 4.39. The first-order valence-corrected chi connectivity index (χ1v) is 4.47. The molecule has 0 saturated heterocycles. The van der Waals surface area contributed by atoms with Crippen LogP contribution in [0.25, 0.3) is 0 Å². The molecule has 0 aliphatic carbocycles. The zero-order valence-corrected chi connectivity index (χ0v) is 8.35. The molecule has 0 bridgehead atoms. The van der Waals surface area contributed by atoms with Gasteiger partial charge in [-0.05, 0) is 11.8 Å². The molecular weight excluding hydrogens is 136 g/mol. The van der Waals surface area contributed by atoms with Gasteiger partial charge in [0.2, 0.25) is 0 Å². The summed E-state index contributed by atoms with van der Waals surface area (Å²) < 4.78 is 0. The Labute approximate surface area is 70.2 Å². The lowest BCUT2D eigenvalue weighted by Crippen LogP contribution is -2.14. The van der Waals surface area contributed by atoms with Crippen LogP contribution in [0.4, 0.5) is 0 Å². The van der Waals surface area contributed by atoms with Crippen molar-refractivity contribution in [3.63, 3.8) is 0 Å². The Bertz CT molecular complexity index is 125. The zero-order chi connectivity index (χ0) is 9.02. The lowest BCUT2D eigenvalue weighted by molar-refractivity contribution is -0.123. The molecule has 0 aromatic carbocycles. The molecule has 1 atom stereocenters. The fourth-order valence-corrected chi connectivity index (χ4v) is 0.789. The van der Waals surface area contributed by atoms with Crippen molar-refractivity contribution in [1.29, 1.82) is 0 Å². The number of rotatable bonds is 4. The quantitative estimate of drug-likeness (QED) is 0.611. The summed E-state index contributed by atoms with van der Waals surface area (Å²) in [4.78, 5) is 11.3. The Morgan fingerprint density at radius 3 is 1.82 bits per heavy atom. The molecule has 0 unspecified atom stereocenters. The molecular formula is C10H20O. The van der Waals surface area contributed by atoms with Crippen LogP contribution in [-0.4, -0.2) is 5.78 Å². The van der Waals surface area contributed by atoms with Crippen molar-refractivity contribution in [3.8, 4) is 0 Å². The van der Waals surface area contributed by atoms with E-state index in [1.807, 2.05) is 13.8 Å². The summed E-state index contributed by atoms with van der Waals surface area (Å²) in [6.07, 6.45) is 0.745. The summed E-state index contributed by atoms with van der Waals surface area (Å²) in [5.41, 5.74) is 0. The van der Waals surface area contributed by atoms with Crippen molar-refractivity contribution in [3.05, 3.63) is 0 Å². The number of carbonyl (C=O) groups is 1. The normalized spacial score (nSPS) is 14.1. The lowest BCUT2D eigenvalue weighted by atomic mass is 9.90. The highest BCUT2D eigenvalue weighted by atomic mass is 16.1. The molecule has 0 heterocycles. The van der Waals surface area contributed by atoms with Gasteiger partial charge in [0.15, 0.2) is 0 Å². The zero-order valence-electron chi connectivity index (χ0n) is 8.35. The van der Waals surface area contributed by atoms with Crippen LogP contribution in [0, 0.1) is 17.8 Å². The molecule has 66 valence electrons. The SMILES string of the molecule is CC(C)C(=O)C[C@H](C)C(C)C. The topological polar surface area (TPSA) is 17.1 Å². The third-order valence-corrected chi connectivity index (χ3v) is 2.31. The summed E-state index contributed by atoms with van der Waals surface area (Å²) in [6.45, 7) is 10.4. The minimum Gasteiger partial charge on any atom is -0.299 e. The second-order valence-corrected chi connectivity index (χ2v) is 4.05. The number of carbonyl (C=O) groups excluding carboxylic acids is 1. The van der Waals surface area contributed by atoms with E-state index < -0.39 is 0 Å². The molecule has 0 radical (unpaired) electrons. The Morgan fingerprint density at radius 2 is 1.55 bits per heavy atom. The molecule has 0 spiro atoms. The first kappa shape index (κ1) is 10.7. The van der Waals surface area contributed by atoms with Gasteiger partial charge in [0.25, 0.3) is 0 Å². The highest BCUT2D eigenvalue weighted by Gasteiger charge is 2.14. The van der Waals surface area contributed by atoms with Gasteiger partial charge in [0.1, 0.15) is 5.78 Å². The Balaban J connectivity index is 3.76. The summed E-state index contributed by atoms with van der Waals surface area (Å²) >= 11 is 0. The second kappa shape index (κ2) is 4.53. The van der Waals surface area contributed by atoms with Gasteiger partial charge in [-0.2, -0.15) is 0 Å². The summed E-state index contributed by atoms with van der Waals surface area (Å²) in [5.74, 6) is 1.75. The third kappa shape index (κ3) is 4.18. The Hall–Kier alpha value is -0.330. The van der Waals surface area contributed by atoms with E-state index in [0.29, 0.717) is 17.6 Å². The molecule has 0 aromatic heterocycles.